The minimum atomic E-state index is -0.386. The molecule has 6 heteroatoms. The average molecular weight is 390 g/mol. The molecule has 0 N–H and O–H groups in total. The van der Waals surface area contributed by atoms with E-state index in [1.807, 2.05) is 0 Å². The van der Waals surface area contributed by atoms with Crippen LogP contribution in [0.3, 0.4) is 0 Å². The summed E-state index contributed by atoms with van der Waals surface area (Å²) < 4.78 is 13.9. The third kappa shape index (κ3) is 3.08. The molecule has 0 aliphatic heterocycles. The first-order chi connectivity index (χ1) is 10.1. The molecule has 0 bridgehead atoms. The van der Waals surface area contributed by atoms with E-state index in [1.54, 1.807) is 6.07 Å². The third-order valence-electron chi connectivity index (χ3n) is 3.75. The first-order valence-corrected chi connectivity index (χ1v) is 8.29. The lowest BCUT2D eigenvalue weighted by Crippen LogP contribution is -2.03. The molecular formula is C15H12BrCl2FN2. The van der Waals surface area contributed by atoms with Crippen molar-refractivity contribution in [2.75, 3.05) is 0 Å². The Labute approximate surface area is 140 Å². The predicted octanol–water partition coefficient (Wildman–Crippen LogP) is 6.01. The molecule has 1 aromatic carbocycles. The van der Waals surface area contributed by atoms with E-state index in [2.05, 4.69) is 25.9 Å². The second kappa shape index (κ2) is 6.19. The van der Waals surface area contributed by atoms with Gasteiger partial charge in [0.15, 0.2) is 5.82 Å². The fourth-order valence-corrected chi connectivity index (χ4v) is 3.63. The molecule has 110 valence electrons. The van der Waals surface area contributed by atoms with Gasteiger partial charge in [0.05, 0.1) is 15.2 Å². The Balaban J connectivity index is 2.10. The number of rotatable bonds is 2. The molecule has 2 nitrogen and oxygen atoms in total. The standard InChI is InChI=1S/C15H12BrCl2FN2/c16-12-13(8-3-1-2-4-8)20-15(21-14(12)18)10-6-5-9(19)7-11(10)17/h5-8H,1-4H2. The summed E-state index contributed by atoms with van der Waals surface area (Å²) in [5.74, 6) is 0.441. The summed E-state index contributed by atoms with van der Waals surface area (Å²) >= 11 is 15.8. The molecule has 0 spiro atoms. The second-order valence-corrected chi connectivity index (χ2v) is 6.70. The molecule has 0 atom stereocenters. The van der Waals surface area contributed by atoms with E-state index in [-0.39, 0.29) is 10.8 Å². The van der Waals surface area contributed by atoms with E-state index in [0.29, 0.717) is 22.5 Å². The number of hydrogen-bond acceptors (Lipinski definition) is 2. The Hall–Kier alpha value is -0.710. The topological polar surface area (TPSA) is 25.8 Å². The first kappa shape index (κ1) is 15.2. The first-order valence-electron chi connectivity index (χ1n) is 6.74. The molecular weight excluding hydrogens is 378 g/mol. The van der Waals surface area contributed by atoms with Gasteiger partial charge in [-0.25, -0.2) is 14.4 Å². The van der Waals surface area contributed by atoms with Crippen molar-refractivity contribution in [3.63, 3.8) is 0 Å². The van der Waals surface area contributed by atoms with Crippen LogP contribution >= 0.6 is 39.1 Å². The van der Waals surface area contributed by atoms with Gasteiger partial charge in [-0.1, -0.05) is 36.0 Å². The molecule has 0 unspecified atom stereocenters. The molecule has 0 saturated heterocycles. The van der Waals surface area contributed by atoms with Crippen LogP contribution in [-0.4, -0.2) is 9.97 Å². The summed E-state index contributed by atoms with van der Waals surface area (Å²) in [7, 11) is 0. The van der Waals surface area contributed by atoms with Crippen molar-refractivity contribution >= 4 is 39.1 Å². The maximum absolute atomic E-state index is 13.2. The van der Waals surface area contributed by atoms with Crippen LogP contribution in [0.1, 0.15) is 37.3 Å². The Morgan fingerprint density at radius 2 is 1.86 bits per heavy atom. The van der Waals surface area contributed by atoms with Gasteiger partial charge in [-0.05, 0) is 47.0 Å². The Morgan fingerprint density at radius 3 is 2.52 bits per heavy atom. The van der Waals surface area contributed by atoms with E-state index in [1.165, 1.54) is 25.0 Å². The molecule has 1 aliphatic carbocycles. The van der Waals surface area contributed by atoms with Crippen molar-refractivity contribution in [3.8, 4) is 11.4 Å². The van der Waals surface area contributed by atoms with Crippen LogP contribution in [-0.2, 0) is 0 Å². The van der Waals surface area contributed by atoms with Crippen LogP contribution in [0.5, 0.6) is 0 Å². The van der Waals surface area contributed by atoms with Crippen molar-refractivity contribution < 1.29 is 4.39 Å². The summed E-state index contributed by atoms with van der Waals surface area (Å²) in [6.07, 6.45) is 4.60. The number of hydrogen-bond donors (Lipinski definition) is 0. The summed E-state index contributed by atoms with van der Waals surface area (Å²) in [4.78, 5) is 8.89. The Bertz CT molecular complexity index is 688. The van der Waals surface area contributed by atoms with E-state index < -0.39 is 0 Å². The monoisotopic (exact) mass is 388 g/mol. The fraction of sp³-hybridized carbons (Fsp3) is 0.333. The molecule has 3 rings (SSSR count). The molecule has 1 aliphatic rings. The second-order valence-electron chi connectivity index (χ2n) is 5.14. The van der Waals surface area contributed by atoms with Crippen molar-refractivity contribution in [2.45, 2.75) is 31.6 Å². The number of halogens is 4. The van der Waals surface area contributed by atoms with Crippen molar-refractivity contribution in [2.24, 2.45) is 0 Å². The highest BCUT2D eigenvalue weighted by Gasteiger charge is 2.24. The smallest absolute Gasteiger partial charge is 0.162 e. The highest BCUT2D eigenvalue weighted by atomic mass is 79.9. The zero-order valence-corrected chi connectivity index (χ0v) is 14.1. The molecule has 2 aromatic rings. The van der Waals surface area contributed by atoms with Crippen LogP contribution in [0.4, 0.5) is 4.39 Å². The molecule has 21 heavy (non-hydrogen) atoms. The zero-order valence-electron chi connectivity index (χ0n) is 11.0. The van der Waals surface area contributed by atoms with Crippen molar-refractivity contribution in [3.05, 3.63) is 44.4 Å². The van der Waals surface area contributed by atoms with E-state index in [4.69, 9.17) is 23.2 Å². The lowest BCUT2D eigenvalue weighted by atomic mass is 10.0. The van der Waals surface area contributed by atoms with Gasteiger partial charge in [0.2, 0.25) is 0 Å². The molecule has 0 amide bonds. The molecule has 1 heterocycles. The Morgan fingerprint density at radius 1 is 1.14 bits per heavy atom. The maximum atomic E-state index is 13.2. The lowest BCUT2D eigenvalue weighted by Gasteiger charge is -2.14. The summed E-state index contributed by atoms with van der Waals surface area (Å²) in [5.41, 5.74) is 1.51. The van der Waals surface area contributed by atoms with Gasteiger partial charge >= 0.3 is 0 Å². The van der Waals surface area contributed by atoms with Gasteiger partial charge in [0.25, 0.3) is 0 Å². The maximum Gasteiger partial charge on any atom is 0.162 e. The normalized spacial score (nSPS) is 15.6. The van der Waals surface area contributed by atoms with Crippen LogP contribution < -0.4 is 0 Å². The summed E-state index contributed by atoms with van der Waals surface area (Å²) in [6, 6.07) is 4.18. The minimum Gasteiger partial charge on any atom is -0.231 e. The average Bonchev–Trinajstić information content (AvgIpc) is 2.96. The predicted molar refractivity (Wildman–Crippen MR) is 86.4 cm³/mol. The highest BCUT2D eigenvalue weighted by Crippen LogP contribution is 2.40. The molecule has 1 fully saturated rings. The SMILES string of the molecule is Fc1ccc(-c2nc(Cl)c(Br)c(C3CCCC3)n2)c(Cl)c1. The highest BCUT2D eigenvalue weighted by molar-refractivity contribution is 9.10. The van der Waals surface area contributed by atoms with Crippen LogP contribution in [0, 0.1) is 5.82 Å². The quantitative estimate of drug-likeness (QED) is 0.587. The van der Waals surface area contributed by atoms with Gasteiger partial charge in [0.1, 0.15) is 11.0 Å². The number of aromatic nitrogens is 2. The van der Waals surface area contributed by atoms with Gasteiger partial charge in [-0.15, -0.1) is 0 Å². The fourth-order valence-electron chi connectivity index (χ4n) is 2.70. The van der Waals surface area contributed by atoms with Crippen LogP contribution in [0.15, 0.2) is 22.7 Å². The van der Waals surface area contributed by atoms with Gasteiger partial charge in [-0.3, -0.25) is 0 Å². The van der Waals surface area contributed by atoms with Crippen LogP contribution in [0.25, 0.3) is 11.4 Å². The summed E-state index contributed by atoms with van der Waals surface area (Å²) in [5, 5.41) is 0.646. The van der Waals surface area contributed by atoms with Gasteiger partial charge < -0.3 is 0 Å². The van der Waals surface area contributed by atoms with Crippen molar-refractivity contribution in [1.29, 1.82) is 0 Å². The molecule has 1 aromatic heterocycles. The van der Waals surface area contributed by atoms with E-state index in [0.717, 1.165) is 23.0 Å². The van der Waals surface area contributed by atoms with Gasteiger partial charge in [0, 0.05) is 11.5 Å². The lowest BCUT2D eigenvalue weighted by molar-refractivity contribution is 0.628. The minimum absolute atomic E-state index is 0.283. The van der Waals surface area contributed by atoms with Crippen LogP contribution in [0.2, 0.25) is 10.2 Å². The van der Waals surface area contributed by atoms with E-state index in [9.17, 15) is 4.39 Å². The largest absolute Gasteiger partial charge is 0.231 e. The summed E-state index contributed by atoms with van der Waals surface area (Å²) in [6.45, 7) is 0. The van der Waals surface area contributed by atoms with Crippen molar-refractivity contribution in [1.82, 2.24) is 9.97 Å². The van der Waals surface area contributed by atoms with Gasteiger partial charge in [-0.2, -0.15) is 0 Å². The Kier molecular flexibility index (Phi) is 4.48. The molecule has 0 radical (unpaired) electrons. The third-order valence-corrected chi connectivity index (χ3v) is 5.35. The molecule has 1 saturated carbocycles. The number of benzene rings is 1. The van der Waals surface area contributed by atoms with E-state index >= 15 is 0 Å². The number of nitrogens with zero attached hydrogens (tertiary/aromatic N) is 2. The zero-order chi connectivity index (χ0) is 15.0.